The molecular formula is C15H15N3O2S2. The first-order valence-electron chi connectivity index (χ1n) is 6.72. The third kappa shape index (κ3) is 3.10. The van der Waals surface area contributed by atoms with Crippen LogP contribution >= 0.6 is 22.7 Å². The summed E-state index contributed by atoms with van der Waals surface area (Å²) in [6, 6.07) is 5.66. The highest BCUT2D eigenvalue weighted by atomic mass is 32.1. The van der Waals surface area contributed by atoms with Crippen molar-refractivity contribution in [2.75, 3.05) is 12.4 Å². The zero-order valence-corrected chi connectivity index (χ0v) is 14.1. The summed E-state index contributed by atoms with van der Waals surface area (Å²) in [7, 11) is 1.63. The lowest BCUT2D eigenvalue weighted by atomic mass is 10.3. The van der Waals surface area contributed by atoms with Crippen LogP contribution in [0.15, 0.2) is 18.2 Å². The van der Waals surface area contributed by atoms with Crippen LogP contribution in [-0.2, 0) is 11.2 Å². The van der Waals surface area contributed by atoms with E-state index < -0.39 is 0 Å². The number of carbonyl (C=O) groups is 1. The van der Waals surface area contributed by atoms with Crippen LogP contribution in [0.2, 0.25) is 0 Å². The first-order valence-corrected chi connectivity index (χ1v) is 8.36. The zero-order valence-electron chi connectivity index (χ0n) is 12.5. The molecule has 22 heavy (non-hydrogen) atoms. The third-order valence-corrected chi connectivity index (χ3v) is 5.17. The number of methoxy groups -OCH3 is 1. The molecule has 0 radical (unpaired) electrons. The van der Waals surface area contributed by atoms with E-state index in [0.29, 0.717) is 11.6 Å². The van der Waals surface area contributed by atoms with E-state index in [-0.39, 0.29) is 5.91 Å². The number of hydrogen-bond acceptors (Lipinski definition) is 6. The second kappa shape index (κ2) is 6.02. The maximum Gasteiger partial charge on any atom is 0.231 e. The second-order valence-corrected chi connectivity index (χ2v) is 7.14. The predicted molar refractivity (Wildman–Crippen MR) is 90.1 cm³/mol. The van der Waals surface area contributed by atoms with Gasteiger partial charge in [0.1, 0.15) is 5.75 Å². The Morgan fingerprint density at radius 3 is 2.77 bits per heavy atom. The van der Waals surface area contributed by atoms with Gasteiger partial charge in [0.2, 0.25) is 5.91 Å². The van der Waals surface area contributed by atoms with Crippen molar-refractivity contribution < 1.29 is 9.53 Å². The Hall–Kier alpha value is -1.99. The van der Waals surface area contributed by atoms with E-state index in [1.54, 1.807) is 18.4 Å². The van der Waals surface area contributed by atoms with E-state index in [9.17, 15) is 4.79 Å². The third-order valence-electron chi connectivity index (χ3n) is 3.16. The molecule has 1 amide bonds. The van der Waals surface area contributed by atoms with Crippen LogP contribution in [0.25, 0.3) is 10.2 Å². The summed E-state index contributed by atoms with van der Waals surface area (Å²) >= 11 is 3.00. The zero-order chi connectivity index (χ0) is 15.7. The van der Waals surface area contributed by atoms with Crippen molar-refractivity contribution in [2.24, 2.45) is 0 Å². The number of rotatable bonds is 4. The van der Waals surface area contributed by atoms with Crippen molar-refractivity contribution in [1.29, 1.82) is 0 Å². The lowest BCUT2D eigenvalue weighted by Gasteiger charge is -1.99. The summed E-state index contributed by atoms with van der Waals surface area (Å²) in [6.07, 6.45) is 0.330. The maximum atomic E-state index is 12.2. The van der Waals surface area contributed by atoms with Gasteiger partial charge in [0.25, 0.3) is 0 Å². The Labute approximate surface area is 136 Å². The Morgan fingerprint density at radius 2 is 2.09 bits per heavy atom. The minimum Gasteiger partial charge on any atom is -0.497 e. The predicted octanol–water partition coefficient (Wildman–Crippen LogP) is 3.56. The van der Waals surface area contributed by atoms with Gasteiger partial charge in [-0.2, -0.15) is 0 Å². The Kier molecular flexibility index (Phi) is 4.08. The molecule has 2 heterocycles. The number of amides is 1. The highest BCUT2D eigenvalue weighted by molar-refractivity contribution is 7.22. The number of ether oxygens (including phenoxy) is 1. The number of nitrogens with zero attached hydrogens (tertiary/aromatic N) is 2. The van der Waals surface area contributed by atoms with E-state index >= 15 is 0 Å². The summed E-state index contributed by atoms with van der Waals surface area (Å²) in [5.74, 6) is 0.711. The number of carbonyl (C=O) groups excluding carboxylic acids is 1. The lowest BCUT2D eigenvalue weighted by molar-refractivity contribution is -0.115. The molecule has 7 heteroatoms. The molecule has 2 aromatic heterocycles. The normalized spacial score (nSPS) is 10.9. The second-order valence-electron chi connectivity index (χ2n) is 4.82. The molecule has 5 nitrogen and oxygen atoms in total. The molecular weight excluding hydrogens is 318 g/mol. The molecule has 3 rings (SSSR count). The summed E-state index contributed by atoms with van der Waals surface area (Å²) in [5, 5.41) is 4.44. The van der Waals surface area contributed by atoms with Crippen LogP contribution in [0.4, 0.5) is 5.13 Å². The molecule has 0 atom stereocenters. The number of anilines is 1. The Morgan fingerprint density at radius 1 is 1.27 bits per heavy atom. The highest BCUT2D eigenvalue weighted by Gasteiger charge is 2.12. The summed E-state index contributed by atoms with van der Waals surface area (Å²) < 4.78 is 6.18. The number of benzene rings is 1. The molecule has 1 N–H and O–H groups in total. The van der Waals surface area contributed by atoms with Gasteiger partial charge in [-0.25, -0.2) is 9.97 Å². The molecule has 0 spiro atoms. The first-order chi connectivity index (χ1) is 10.5. The van der Waals surface area contributed by atoms with Crippen LogP contribution < -0.4 is 10.1 Å². The van der Waals surface area contributed by atoms with Crippen molar-refractivity contribution in [2.45, 2.75) is 20.3 Å². The molecule has 0 aliphatic rings. The molecule has 0 saturated carbocycles. The van der Waals surface area contributed by atoms with Gasteiger partial charge in [-0.15, -0.1) is 11.3 Å². The number of aryl methyl sites for hydroxylation is 2. The molecule has 114 valence electrons. The topological polar surface area (TPSA) is 64.1 Å². The Balaban J connectivity index is 1.75. The molecule has 0 aliphatic carbocycles. The summed E-state index contributed by atoms with van der Waals surface area (Å²) in [5.41, 5.74) is 1.78. The van der Waals surface area contributed by atoms with Crippen LogP contribution in [0.1, 0.15) is 15.6 Å². The van der Waals surface area contributed by atoms with Crippen LogP contribution in [0, 0.1) is 13.8 Å². The molecule has 3 aromatic rings. The van der Waals surface area contributed by atoms with Gasteiger partial charge in [-0.3, -0.25) is 4.79 Å². The van der Waals surface area contributed by atoms with E-state index in [1.165, 1.54) is 11.3 Å². The SMILES string of the molecule is COc1ccc2nc(NC(=O)Cc3sc(C)nc3C)sc2c1. The van der Waals surface area contributed by atoms with E-state index in [1.807, 2.05) is 32.0 Å². The van der Waals surface area contributed by atoms with E-state index in [0.717, 1.165) is 31.5 Å². The van der Waals surface area contributed by atoms with Crippen molar-refractivity contribution in [1.82, 2.24) is 9.97 Å². The molecule has 0 bridgehead atoms. The highest BCUT2D eigenvalue weighted by Crippen LogP contribution is 2.29. The Bertz CT molecular complexity index is 839. The molecule has 0 aliphatic heterocycles. The molecule has 0 unspecified atom stereocenters. The van der Waals surface area contributed by atoms with Gasteiger partial charge in [0.05, 0.1) is 34.4 Å². The van der Waals surface area contributed by atoms with Crippen LogP contribution in [0.3, 0.4) is 0 Å². The minimum atomic E-state index is -0.0715. The lowest BCUT2D eigenvalue weighted by Crippen LogP contribution is -2.13. The number of nitrogens with one attached hydrogen (secondary N) is 1. The van der Waals surface area contributed by atoms with Crippen LogP contribution in [-0.4, -0.2) is 23.0 Å². The van der Waals surface area contributed by atoms with Crippen molar-refractivity contribution in [3.05, 3.63) is 33.8 Å². The van der Waals surface area contributed by atoms with Crippen molar-refractivity contribution >= 4 is 43.9 Å². The fourth-order valence-corrected chi connectivity index (χ4v) is 3.98. The van der Waals surface area contributed by atoms with E-state index in [4.69, 9.17) is 4.74 Å². The fourth-order valence-electron chi connectivity index (χ4n) is 2.13. The first kappa shape index (κ1) is 14.9. The monoisotopic (exact) mass is 333 g/mol. The number of fused-ring (bicyclic) bond motifs is 1. The molecule has 1 aromatic carbocycles. The van der Waals surface area contributed by atoms with Gasteiger partial charge in [0.15, 0.2) is 5.13 Å². The molecule has 0 saturated heterocycles. The smallest absolute Gasteiger partial charge is 0.231 e. The number of thiazole rings is 2. The van der Waals surface area contributed by atoms with Gasteiger partial charge in [-0.05, 0) is 32.0 Å². The van der Waals surface area contributed by atoms with Gasteiger partial charge in [-0.1, -0.05) is 11.3 Å². The summed E-state index contributed by atoms with van der Waals surface area (Å²) in [6.45, 7) is 3.87. The van der Waals surface area contributed by atoms with Crippen molar-refractivity contribution in [3.8, 4) is 5.75 Å². The standard InChI is InChI=1S/C15H15N3O2S2/c1-8-12(21-9(2)16-8)7-14(19)18-15-17-11-5-4-10(20-3)6-13(11)22-15/h4-6H,7H2,1-3H3,(H,17,18,19). The average molecular weight is 333 g/mol. The average Bonchev–Trinajstić information content (AvgIpc) is 3.00. The van der Waals surface area contributed by atoms with Gasteiger partial charge >= 0.3 is 0 Å². The fraction of sp³-hybridized carbons (Fsp3) is 0.267. The van der Waals surface area contributed by atoms with Crippen molar-refractivity contribution in [3.63, 3.8) is 0 Å². The number of hydrogen-bond donors (Lipinski definition) is 1. The van der Waals surface area contributed by atoms with Gasteiger partial charge < -0.3 is 10.1 Å². The largest absolute Gasteiger partial charge is 0.497 e. The minimum absolute atomic E-state index is 0.0715. The molecule has 0 fully saturated rings. The number of aromatic nitrogens is 2. The maximum absolute atomic E-state index is 12.2. The summed E-state index contributed by atoms with van der Waals surface area (Å²) in [4.78, 5) is 21.9. The quantitative estimate of drug-likeness (QED) is 0.793. The van der Waals surface area contributed by atoms with Crippen LogP contribution in [0.5, 0.6) is 5.75 Å². The van der Waals surface area contributed by atoms with Gasteiger partial charge in [0, 0.05) is 4.88 Å². The van der Waals surface area contributed by atoms with E-state index in [2.05, 4.69) is 15.3 Å².